The summed E-state index contributed by atoms with van der Waals surface area (Å²) in [7, 11) is 3.69. The Bertz CT molecular complexity index is 990. The SMILES string of the molecule is CNC[C@@H](CC(=O)N1CCC[C@@H]([C@@](O)(CCCCOC)c2ccccc2-c2ccc(C)cc2)C1)CC(C)C. The molecule has 0 spiro atoms. The molecule has 0 saturated carbocycles. The molecule has 5 heteroatoms. The lowest BCUT2D eigenvalue weighted by atomic mass is 9.72. The Balaban J connectivity index is 1.89. The molecular formula is C33H50N2O3. The van der Waals surface area contributed by atoms with Gasteiger partial charge in [-0.1, -0.05) is 67.9 Å². The minimum absolute atomic E-state index is 0.0119. The molecule has 0 unspecified atom stereocenters. The minimum atomic E-state index is -1.02. The number of methoxy groups -OCH3 is 1. The Morgan fingerprint density at radius 2 is 1.89 bits per heavy atom. The van der Waals surface area contributed by atoms with Crippen molar-refractivity contribution in [3.8, 4) is 11.1 Å². The molecule has 0 radical (unpaired) electrons. The highest BCUT2D eigenvalue weighted by atomic mass is 16.5. The number of nitrogens with one attached hydrogen (secondary N) is 1. The number of likely N-dealkylation sites (tertiary alicyclic amines) is 1. The van der Waals surface area contributed by atoms with Crippen LogP contribution in [0.15, 0.2) is 48.5 Å². The Labute approximate surface area is 231 Å². The van der Waals surface area contributed by atoms with Crippen LogP contribution >= 0.6 is 0 Å². The van der Waals surface area contributed by atoms with Crippen molar-refractivity contribution in [1.82, 2.24) is 10.2 Å². The number of carbonyl (C=O) groups excluding carboxylic acids is 1. The number of hydrogen-bond acceptors (Lipinski definition) is 4. The van der Waals surface area contributed by atoms with Gasteiger partial charge in [-0.05, 0) is 87.6 Å². The van der Waals surface area contributed by atoms with Gasteiger partial charge < -0.3 is 20.1 Å². The zero-order valence-electron chi connectivity index (χ0n) is 24.3. The number of amides is 1. The van der Waals surface area contributed by atoms with E-state index in [0.717, 1.165) is 61.9 Å². The summed E-state index contributed by atoms with van der Waals surface area (Å²) in [5.41, 5.74) is 3.38. The van der Waals surface area contributed by atoms with Crippen molar-refractivity contribution in [3.05, 3.63) is 59.7 Å². The van der Waals surface area contributed by atoms with Gasteiger partial charge in [0.25, 0.3) is 0 Å². The normalized spacial score (nSPS) is 18.4. The number of rotatable bonds is 14. The number of ether oxygens (including phenoxy) is 1. The molecule has 3 atom stereocenters. The molecule has 2 aromatic rings. The first-order chi connectivity index (χ1) is 18.3. The third-order valence-electron chi connectivity index (χ3n) is 8.12. The van der Waals surface area contributed by atoms with E-state index in [2.05, 4.69) is 68.6 Å². The molecule has 1 saturated heterocycles. The molecule has 1 heterocycles. The van der Waals surface area contributed by atoms with E-state index in [1.807, 2.05) is 18.0 Å². The van der Waals surface area contributed by atoms with Crippen LogP contribution in [0.4, 0.5) is 0 Å². The van der Waals surface area contributed by atoms with Crippen molar-refractivity contribution in [2.45, 2.75) is 71.3 Å². The third kappa shape index (κ3) is 8.14. The molecule has 0 aliphatic carbocycles. The molecule has 5 nitrogen and oxygen atoms in total. The maximum atomic E-state index is 13.5. The lowest BCUT2D eigenvalue weighted by molar-refractivity contribution is -0.137. The first kappa shape index (κ1) is 30.3. The van der Waals surface area contributed by atoms with Crippen molar-refractivity contribution in [1.29, 1.82) is 0 Å². The summed E-state index contributed by atoms with van der Waals surface area (Å²) in [6.45, 7) is 9.47. The summed E-state index contributed by atoms with van der Waals surface area (Å²) in [5, 5.41) is 15.9. The molecule has 3 rings (SSSR count). The average Bonchev–Trinajstić information content (AvgIpc) is 2.91. The van der Waals surface area contributed by atoms with Gasteiger partial charge in [-0.15, -0.1) is 0 Å². The number of unbranched alkanes of at least 4 members (excludes halogenated alkanes) is 1. The average molecular weight is 523 g/mol. The number of aliphatic hydroxyl groups is 1. The molecule has 1 amide bonds. The van der Waals surface area contributed by atoms with E-state index in [-0.39, 0.29) is 11.8 Å². The molecule has 38 heavy (non-hydrogen) atoms. The molecule has 2 aromatic carbocycles. The number of piperidine rings is 1. The van der Waals surface area contributed by atoms with E-state index in [1.54, 1.807) is 7.11 Å². The fourth-order valence-corrected chi connectivity index (χ4v) is 6.21. The molecule has 0 bridgehead atoms. The largest absolute Gasteiger partial charge is 0.385 e. The zero-order valence-corrected chi connectivity index (χ0v) is 24.3. The lowest BCUT2D eigenvalue weighted by Gasteiger charge is -2.44. The monoisotopic (exact) mass is 522 g/mol. The van der Waals surface area contributed by atoms with Crippen molar-refractivity contribution in [3.63, 3.8) is 0 Å². The molecule has 1 aliphatic rings. The van der Waals surface area contributed by atoms with E-state index in [0.29, 0.717) is 37.8 Å². The fourth-order valence-electron chi connectivity index (χ4n) is 6.21. The van der Waals surface area contributed by atoms with Crippen LogP contribution < -0.4 is 5.32 Å². The molecule has 210 valence electrons. The highest BCUT2D eigenvalue weighted by Gasteiger charge is 2.42. The quantitative estimate of drug-likeness (QED) is 0.291. The van der Waals surface area contributed by atoms with Gasteiger partial charge >= 0.3 is 0 Å². The Morgan fingerprint density at radius 1 is 1.16 bits per heavy atom. The molecule has 2 N–H and O–H groups in total. The minimum Gasteiger partial charge on any atom is -0.385 e. The summed E-state index contributed by atoms with van der Waals surface area (Å²) in [6.07, 6.45) is 5.87. The zero-order chi connectivity index (χ0) is 27.5. The summed E-state index contributed by atoms with van der Waals surface area (Å²) in [4.78, 5) is 15.5. The Morgan fingerprint density at radius 3 is 2.58 bits per heavy atom. The second-order valence-electron chi connectivity index (χ2n) is 11.7. The van der Waals surface area contributed by atoms with Gasteiger partial charge in [-0.2, -0.15) is 0 Å². The number of hydrogen-bond donors (Lipinski definition) is 2. The summed E-state index contributed by atoms with van der Waals surface area (Å²) >= 11 is 0. The predicted octanol–water partition coefficient (Wildman–Crippen LogP) is 6.18. The molecular weight excluding hydrogens is 472 g/mol. The van der Waals surface area contributed by atoms with E-state index in [1.165, 1.54) is 5.56 Å². The highest BCUT2D eigenvalue weighted by Crippen LogP contribution is 2.43. The van der Waals surface area contributed by atoms with Crippen LogP contribution in [0.1, 0.15) is 69.9 Å². The van der Waals surface area contributed by atoms with Crippen LogP contribution in [0.5, 0.6) is 0 Å². The van der Waals surface area contributed by atoms with Gasteiger partial charge in [0.15, 0.2) is 0 Å². The van der Waals surface area contributed by atoms with Crippen LogP contribution in [0, 0.1) is 24.7 Å². The highest BCUT2D eigenvalue weighted by molar-refractivity contribution is 5.76. The van der Waals surface area contributed by atoms with E-state index in [9.17, 15) is 9.90 Å². The van der Waals surface area contributed by atoms with Crippen LogP contribution in [0.25, 0.3) is 11.1 Å². The number of nitrogens with zero attached hydrogens (tertiary/aromatic N) is 1. The topological polar surface area (TPSA) is 61.8 Å². The summed E-state index contributed by atoms with van der Waals surface area (Å²) in [6, 6.07) is 16.9. The molecule has 0 aromatic heterocycles. The second-order valence-corrected chi connectivity index (χ2v) is 11.7. The van der Waals surface area contributed by atoms with Gasteiger partial charge in [0, 0.05) is 39.1 Å². The second kappa shape index (κ2) is 14.8. The maximum absolute atomic E-state index is 13.5. The van der Waals surface area contributed by atoms with Crippen LogP contribution in [-0.2, 0) is 15.1 Å². The Kier molecular flexibility index (Phi) is 11.8. The van der Waals surface area contributed by atoms with Crippen LogP contribution in [0.3, 0.4) is 0 Å². The van der Waals surface area contributed by atoms with Crippen molar-refractivity contribution >= 4 is 5.91 Å². The maximum Gasteiger partial charge on any atom is 0.222 e. The summed E-state index contributed by atoms with van der Waals surface area (Å²) in [5.74, 6) is 1.11. The number of aryl methyl sites for hydroxylation is 1. The first-order valence-corrected chi connectivity index (χ1v) is 14.6. The van der Waals surface area contributed by atoms with Crippen molar-refractivity contribution < 1.29 is 14.6 Å². The van der Waals surface area contributed by atoms with Gasteiger partial charge in [0.05, 0.1) is 5.60 Å². The molecule has 1 fully saturated rings. The first-order valence-electron chi connectivity index (χ1n) is 14.6. The lowest BCUT2D eigenvalue weighted by Crippen LogP contribution is -2.48. The van der Waals surface area contributed by atoms with Crippen molar-refractivity contribution in [2.24, 2.45) is 17.8 Å². The Hall–Kier alpha value is -2.21. The fraction of sp³-hybridized carbons (Fsp3) is 0.606. The van der Waals surface area contributed by atoms with Gasteiger partial charge in [-0.25, -0.2) is 0 Å². The predicted molar refractivity (Wildman–Crippen MR) is 157 cm³/mol. The number of benzene rings is 2. The smallest absolute Gasteiger partial charge is 0.222 e. The van der Waals surface area contributed by atoms with Gasteiger partial charge in [0.2, 0.25) is 5.91 Å². The van der Waals surface area contributed by atoms with Gasteiger partial charge in [-0.3, -0.25) is 4.79 Å². The third-order valence-corrected chi connectivity index (χ3v) is 8.12. The standard InChI is InChI=1S/C33H50N2O3/c1-25(2)21-27(23-34-4)22-32(36)35-19-10-11-29(24-35)33(37,18-8-9-20-38-5)31-13-7-6-12-30(31)28-16-14-26(3)15-17-28/h6-7,12-17,25,27,29,34,37H,8-11,18-24H2,1-5H3/t27-,29-,33+/m1/s1. The number of carbonyl (C=O) groups is 1. The summed E-state index contributed by atoms with van der Waals surface area (Å²) < 4.78 is 5.31. The van der Waals surface area contributed by atoms with Gasteiger partial charge in [0.1, 0.15) is 0 Å². The van der Waals surface area contributed by atoms with E-state index in [4.69, 9.17) is 4.74 Å². The van der Waals surface area contributed by atoms with E-state index >= 15 is 0 Å². The van der Waals surface area contributed by atoms with Crippen molar-refractivity contribution in [2.75, 3.05) is 40.4 Å². The van der Waals surface area contributed by atoms with Crippen LogP contribution in [0.2, 0.25) is 0 Å². The molecule has 1 aliphatic heterocycles. The van der Waals surface area contributed by atoms with E-state index < -0.39 is 5.60 Å². The van der Waals surface area contributed by atoms with Crippen LogP contribution in [-0.4, -0.2) is 56.3 Å².